The molecule has 1 rings (SSSR count). The molecule has 6 nitrogen and oxygen atoms in total. The quantitative estimate of drug-likeness (QED) is 0.550. The van der Waals surface area contributed by atoms with Gasteiger partial charge in [0.2, 0.25) is 0 Å². The molecule has 0 radical (unpaired) electrons. The first-order valence-corrected chi connectivity index (χ1v) is 6.66. The van der Waals surface area contributed by atoms with E-state index < -0.39 is 18.2 Å². The fourth-order valence-corrected chi connectivity index (χ4v) is 1.38. The van der Waals surface area contributed by atoms with Gasteiger partial charge in [-0.05, 0) is 38.0 Å². The third-order valence-electron chi connectivity index (χ3n) is 2.57. The van der Waals surface area contributed by atoms with Crippen molar-refractivity contribution in [3.8, 4) is 0 Å². The van der Waals surface area contributed by atoms with Crippen LogP contribution < -0.4 is 0 Å². The maximum Gasteiger partial charge on any atom is 0.335 e. The van der Waals surface area contributed by atoms with Gasteiger partial charge in [-0.15, -0.1) is 0 Å². The molecule has 1 aromatic rings. The van der Waals surface area contributed by atoms with Crippen LogP contribution in [-0.2, 0) is 4.74 Å². The van der Waals surface area contributed by atoms with E-state index in [2.05, 4.69) is 6.92 Å². The van der Waals surface area contributed by atoms with Gasteiger partial charge in [0, 0.05) is 6.61 Å². The van der Waals surface area contributed by atoms with Crippen molar-refractivity contribution in [2.75, 3.05) is 6.61 Å². The van der Waals surface area contributed by atoms with Gasteiger partial charge in [-0.25, -0.2) is 9.59 Å². The number of carboxylic acids is 2. The summed E-state index contributed by atoms with van der Waals surface area (Å²) < 4.78 is 4.84. The van der Waals surface area contributed by atoms with Crippen LogP contribution in [0, 0.1) is 6.92 Å². The molecule has 118 valence electrons. The number of carboxylic acid groups (broad SMARTS) is 2. The monoisotopic (exact) mass is 298 g/mol. The highest BCUT2D eigenvalue weighted by atomic mass is 16.6. The summed E-state index contributed by atoms with van der Waals surface area (Å²) in [6, 6.07) is 4.01. The van der Waals surface area contributed by atoms with Crippen LogP contribution in [-0.4, -0.2) is 40.2 Å². The van der Waals surface area contributed by atoms with E-state index >= 15 is 0 Å². The van der Waals surface area contributed by atoms with Crippen molar-refractivity contribution in [1.82, 2.24) is 0 Å². The number of aliphatic hydroxyl groups excluding tert-OH is 1. The van der Waals surface area contributed by atoms with Crippen molar-refractivity contribution in [3.63, 3.8) is 0 Å². The summed E-state index contributed by atoms with van der Waals surface area (Å²) in [5.41, 5.74) is 0.570. The Morgan fingerprint density at radius 1 is 1.24 bits per heavy atom. The number of unbranched alkanes of at least 4 members (excludes halogenated alkanes) is 1. The fraction of sp³-hybridized carbons (Fsp3) is 0.467. The van der Waals surface area contributed by atoms with E-state index in [4.69, 9.17) is 20.1 Å². The molecule has 0 bridgehead atoms. The molecular weight excluding hydrogens is 276 g/mol. The maximum atomic E-state index is 10.6. The Hall–Kier alpha value is -1.92. The van der Waals surface area contributed by atoms with Crippen molar-refractivity contribution >= 4 is 11.9 Å². The minimum absolute atomic E-state index is 0.0111. The summed E-state index contributed by atoms with van der Waals surface area (Å²) in [5.74, 6) is -2.23. The highest BCUT2D eigenvalue weighted by Gasteiger charge is 2.10. The predicted octanol–water partition coefficient (Wildman–Crippen LogP) is 2.53. The molecule has 21 heavy (non-hydrogen) atoms. The number of aromatic carboxylic acids is 2. The number of carbonyl (C=O) groups is 2. The number of ether oxygens (including phenoxy) is 1. The average molecular weight is 298 g/mol. The second-order valence-corrected chi connectivity index (χ2v) is 4.46. The van der Waals surface area contributed by atoms with Crippen LogP contribution in [0.5, 0.6) is 0 Å². The number of aryl methyl sites for hydroxylation is 1. The van der Waals surface area contributed by atoms with E-state index in [1.165, 1.54) is 12.1 Å². The SMILES string of the molecule is CCCCOC(C)O.Cc1ccc(C(=O)O)cc1C(=O)O. The number of benzene rings is 1. The number of hydrogen-bond acceptors (Lipinski definition) is 4. The van der Waals surface area contributed by atoms with Crippen LogP contribution in [0.15, 0.2) is 18.2 Å². The Labute approximate surface area is 124 Å². The topological polar surface area (TPSA) is 104 Å². The standard InChI is InChI=1S/C9H8O4.C6H14O2/c1-5-2-3-6(8(10)11)4-7(5)9(12)13;1-3-4-5-8-6(2)7/h2-4H,1H3,(H,10,11)(H,12,13);6-7H,3-5H2,1-2H3. The second kappa shape index (κ2) is 9.90. The number of aliphatic hydroxyl groups is 1. The summed E-state index contributed by atoms with van der Waals surface area (Å²) in [6.07, 6.45) is 1.55. The molecule has 6 heteroatoms. The Bertz CT molecular complexity index is 467. The van der Waals surface area contributed by atoms with Gasteiger partial charge < -0.3 is 20.1 Å². The summed E-state index contributed by atoms with van der Waals surface area (Å²) in [6.45, 7) is 6.00. The lowest BCUT2D eigenvalue weighted by Gasteiger charge is -2.03. The van der Waals surface area contributed by atoms with E-state index in [0.29, 0.717) is 12.2 Å². The van der Waals surface area contributed by atoms with Gasteiger partial charge in [0.05, 0.1) is 11.1 Å². The molecule has 0 heterocycles. The highest BCUT2D eigenvalue weighted by molar-refractivity contribution is 5.94. The summed E-state index contributed by atoms with van der Waals surface area (Å²) in [5, 5.41) is 25.8. The van der Waals surface area contributed by atoms with Gasteiger partial charge in [-0.3, -0.25) is 0 Å². The lowest BCUT2D eigenvalue weighted by molar-refractivity contribution is -0.0856. The fourth-order valence-electron chi connectivity index (χ4n) is 1.38. The summed E-state index contributed by atoms with van der Waals surface area (Å²) in [7, 11) is 0. The lowest BCUT2D eigenvalue weighted by atomic mass is 10.1. The zero-order valence-corrected chi connectivity index (χ0v) is 12.5. The largest absolute Gasteiger partial charge is 0.478 e. The van der Waals surface area contributed by atoms with Crippen LogP contribution in [0.25, 0.3) is 0 Å². The lowest BCUT2D eigenvalue weighted by Crippen LogP contribution is -2.06. The van der Waals surface area contributed by atoms with Crippen molar-refractivity contribution in [1.29, 1.82) is 0 Å². The molecule has 1 atom stereocenters. The van der Waals surface area contributed by atoms with Crippen molar-refractivity contribution in [3.05, 3.63) is 34.9 Å². The number of rotatable bonds is 6. The van der Waals surface area contributed by atoms with Crippen molar-refractivity contribution in [2.24, 2.45) is 0 Å². The second-order valence-electron chi connectivity index (χ2n) is 4.46. The van der Waals surface area contributed by atoms with Gasteiger partial charge in [-0.1, -0.05) is 19.4 Å². The molecule has 0 saturated heterocycles. The van der Waals surface area contributed by atoms with Crippen molar-refractivity contribution in [2.45, 2.75) is 39.9 Å². The van der Waals surface area contributed by atoms with Gasteiger partial charge >= 0.3 is 11.9 Å². The molecule has 0 saturated carbocycles. The normalized spacial score (nSPS) is 11.2. The molecule has 0 aliphatic heterocycles. The molecule has 0 aliphatic rings. The zero-order valence-electron chi connectivity index (χ0n) is 12.5. The van der Waals surface area contributed by atoms with E-state index in [1.807, 2.05) is 0 Å². The molecular formula is C15H22O6. The van der Waals surface area contributed by atoms with Crippen LogP contribution in [0.1, 0.15) is 53.0 Å². The first-order valence-electron chi connectivity index (χ1n) is 6.66. The molecule has 0 aromatic heterocycles. The smallest absolute Gasteiger partial charge is 0.335 e. The molecule has 0 spiro atoms. The third-order valence-corrected chi connectivity index (χ3v) is 2.57. The number of hydrogen-bond donors (Lipinski definition) is 3. The van der Waals surface area contributed by atoms with Crippen LogP contribution >= 0.6 is 0 Å². The average Bonchev–Trinajstić information content (AvgIpc) is 2.39. The Balaban J connectivity index is 0.000000433. The van der Waals surface area contributed by atoms with Gasteiger partial charge in [0.1, 0.15) is 0 Å². The van der Waals surface area contributed by atoms with Crippen LogP contribution in [0.3, 0.4) is 0 Å². The molecule has 3 N–H and O–H groups in total. The van der Waals surface area contributed by atoms with Gasteiger partial charge in [-0.2, -0.15) is 0 Å². The molecule has 1 unspecified atom stereocenters. The predicted molar refractivity (Wildman–Crippen MR) is 77.6 cm³/mol. The van der Waals surface area contributed by atoms with E-state index in [0.717, 1.165) is 18.9 Å². The zero-order chi connectivity index (χ0) is 16.4. The third kappa shape index (κ3) is 8.06. The first kappa shape index (κ1) is 19.1. The molecule has 0 fully saturated rings. The Kier molecular flexibility index (Phi) is 9.00. The molecule has 1 aromatic carbocycles. The minimum atomic E-state index is -1.12. The maximum absolute atomic E-state index is 10.6. The van der Waals surface area contributed by atoms with Gasteiger partial charge in [0.15, 0.2) is 6.29 Å². The molecule has 0 amide bonds. The van der Waals surface area contributed by atoms with E-state index in [9.17, 15) is 9.59 Å². The summed E-state index contributed by atoms with van der Waals surface area (Å²) in [4.78, 5) is 21.1. The van der Waals surface area contributed by atoms with Gasteiger partial charge in [0.25, 0.3) is 0 Å². The van der Waals surface area contributed by atoms with Crippen LogP contribution in [0.4, 0.5) is 0 Å². The van der Waals surface area contributed by atoms with E-state index in [-0.39, 0.29) is 11.1 Å². The minimum Gasteiger partial charge on any atom is -0.478 e. The molecule has 0 aliphatic carbocycles. The van der Waals surface area contributed by atoms with Crippen LogP contribution in [0.2, 0.25) is 0 Å². The van der Waals surface area contributed by atoms with E-state index in [1.54, 1.807) is 13.8 Å². The summed E-state index contributed by atoms with van der Waals surface area (Å²) >= 11 is 0. The Morgan fingerprint density at radius 3 is 2.29 bits per heavy atom. The Morgan fingerprint density at radius 2 is 1.86 bits per heavy atom. The first-order chi connectivity index (χ1) is 9.79. The highest BCUT2D eigenvalue weighted by Crippen LogP contribution is 2.11. The van der Waals surface area contributed by atoms with Crippen molar-refractivity contribution < 1.29 is 29.6 Å².